The van der Waals surface area contributed by atoms with Crippen LogP contribution < -0.4 is 10.0 Å². The molecule has 1 aromatic rings. The van der Waals surface area contributed by atoms with Crippen molar-refractivity contribution in [2.75, 3.05) is 17.6 Å². The predicted molar refractivity (Wildman–Crippen MR) is 101 cm³/mol. The van der Waals surface area contributed by atoms with Gasteiger partial charge in [-0.2, -0.15) is 0 Å². The molecule has 7 nitrogen and oxygen atoms in total. The van der Waals surface area contributed by atoms with Gasteiger partial charge in [0.15, 0.2) is 6.61 Å². The highest BCUT2D eigenvalue weighted by atomic mass is 32.2. The van der Waals surface area contributed by atoms with Crippen molar-refractivity contribution in [1.82, 2.24) is 5.32 Å². The number of esters is 1. The standard InChI is InChI=1S/C18H28N2O5S/c1-13(2)7-5-8-14(3)19-17(21)12-25-18(22)15-9-6-10-16(11-15)20-26(4,23)24/h6,9-11,13-14,20H,5,7-8,12H2,1-4H3,(H,19,21). The molecule has 1 unspecified atom stereocenters. The number of rotatable bonds is 10. The number of anilines is 1. The molecule has 1 amide bonds. The van der Waals surface area contributed by atoms with Gasteiger partial charge in [-0.25, -0.2) is 13.2 Å². The third kappa shape index (κ3) is 9.41. The van der Waals surface area contributed by atoms with Crippen molar-refractivity contribution in [2.24, 2.45) is 5.92 Å². The number of carbonyl (C=O) groups is 2. The largest absolute Gasteiger partial charge is 0.452 e. The van der Waals surface area contributed by atoms with Gasteiger partial charge in [0, 0.05) is 11.7 Å². The Morgan fingerprint density at radius 1 is 1.15 bits per heavy atom. The molecule has 0 aliphatic carbocycles. The van der Waals surface area contributed by atoms with Crippen molar-refractivity contribution in [3.8, 4) is 0 Å². The smallest absolute Gasteiger partial charge is 0.338 e. The van der Waals surface area contributed by atoms with Crippen molar-refractivity contribution in [3.63, 3.8) is 0 Å². The summed E-state index contributed by atoms with van der Waals surface area (Å²) in [6.45, 7) is 5.85. The van der Waals surface area contributed by atoms with E-state index in [2.05, 4.69) is 23.9 Å². The van der Waals surface area contributed by atoms with E-state index in [9.17, 15) is 18.0 Å². The molecule has 26 heavy (non-hydrogen) atoms. The van der Waals surface area contributed by atoms with Crippen molar-refractivity contribution in [1.29, 1.82) is 0 Å². The minimum Gasteiger partial charge on any atom is -0.452 e. The maximum atomic E-state index is 12.0. The lowest BCUT2D eigenvalue weighted by Gasteiger charge is -2.14. The van der Waals surface area contributed by atoms with E-state index in [4.69, 9.17) is 4.74 Å². The van der Waals surface area contributed by atoms with Crippen LogP contribution in [0.2, 0.25) is 0 Å². The van der Waals surface area contributed by atoms with E-state index in [0.29, 0.717) is 5.92 Å². The average Bonchev–Trinajstić information content (AvgIpc) is 2.50. The van der Waals surface area contributed by atoms with Crippen molar-refractivity contribution in [3.05, 3.63) is 29.8 Å². The minimum atomic E-state index is -3.44. The Balaban J connectivity index is 2.46. The van der Waals surface area contributed by atoms with Gasteiger partial charge in [0.25, 0.3) is 5.91 Å². The lowest BCUT2D eigenvalue weighted by atomic mass is 10.0. The molecule has 0 fully saturated rings. The number of hydrogen-bond donors (Lipinski definition) is 2. The Bertz CT molecular complexity index is 716. The summed E-state index contributed by atoms with van der Waals surface area (Å²) in [6, 6.07) is 5.91. The van der Waals surface area contributed by atoms with Crippen LogP contribution in [0.25, 0.3) is 0 Å². The third-order valence-corrected chi connectivity index (χ3v) is 4.17. The summed E-state index contributed by atoms with van der Waals surface area (Å²) in [7, 11) is -3.44. The van der Waals surface area contributed by atoms with Crippen LogP contribution in [-0.2, 0) is 19.6 Å². The molecule has 1 aromatic carbocycles. The summed E-state index contributed by atoms with van der Waals surface area (Å²) in [5.41, 5.74) is 0.418. The molecule has 0 aliphatic heterocycles. The molecular weight excluding hydrogens is 356 g/mol. The molecule has 1 atom stereocenters. The first-order valence-electron chi connectivity index (χ1n) is 8.61. The number of nitrogens with one attached hydrogen (secondary N) is 2. The molecule has 146 valence electrons. The van der Waals surface area contributed by atoms with Gasteiger partial charge in [-0.05, 0) is 37.5 Å². The Labute approximate surface area is 155 Å². The van der Waals surface area contributed by atoms with Crippen LogP contribution in [0.3, 0.4) is 0 Å². The fourth-order valence-electron chi connectivity index (χ4n) is 2.36. The number of benzene rings is 1. The van der Waals surface area contributed by atoms with E-state index >= 15 is 0 Å². The SMILES string of the molecule is CC(C)CCCC(C)NC(=O)COC(=O)c1cccc(NS(C)(=O)=O)c1. The zero-order valence-electron chi connectivity index (χ0n) is 15.7. The number of hydrogen-bond acceptors (Lipinski definition) is 5. The molecule has 1 rings (SSSR count). The van der Waals surface area contributed by atoms with Gasteiger partial charge in [-0.3, -0.25) is 9.52 Å². The molecule has 0 aliphatic rings. The first-order valence-corrected chi connectivity index (χ1v) is 10.5. The molecule has 0 radical (unpaired) electrons. The van der Waals surface area contributed by atoms with E-state index in [1.807, 2.05) is 6.92 Å². The molecule has 0 heterocycles. The molecule has 2 N–H and O–H groups in total. The lowest BCUT2D eigenvalue weighted by Crippen LogP contribution is -2.35. The Hall–Kier alpha value is -2.09. The maximum absolute atomic E-state index is 12.0. The summed E-state index contributed by atoms with van der Waals surface area (Å²) in [5.74, 6) is -0.419. The molecule has 0 bridgehead atoms. The molecule has 0 aromatic heterocycles. The molecule has 0 saturated carbocycles. The molecular formula is C18H28N2O5S. The second kappa shape index (κ2) is 10.2. The molecule has 0 spiro atoms. The number of amides is 1. The monoisotopic (exact) mass is 384 g/mol. The Morgan fingerprint density at radius 3 is 2.46 bits per heavy atom. The topological polar surface area (TPSA) is 102 Å². The fraction of sp³-hybridized carbons (Fsp3) is 0.556. The van der Waals surface area contributed by atoms with Crippen LogP contribution in [0.1, 0.15) is 50.4 Å². The summed E-state index contributed by atoms with van der Waals surface area (Å²) >= 11 is 0. The highest BCUT2D eigenvalue weighted by Gasteiger charge is 2.13. The van der Waals surface area contributed by atoms with Gasteiger partial charge >= 0.3 is 5.97 Å². The van der Waals surface area contributed by atoms with E-state index < -0.39 is 16.0 Å². The van der Waals surface area contributed by atoms with E-state index in [1.165, 1.54) is 24.3 Å². The third-order valence-electron chi connectivity index (χ3n) is 3.56. The minimum absolute atomic E-state index is 0.0160. The van der Waals surface area contributed by atoms with Crippen LogP contribution in [0.15, 0.2) is 24.3 Å². The number of ether oxygens (including phenoxy) is 1. The maximum Gasteiger partial charge on any atom is 0.338 e. The fourth-order valence-corrected chi connectivity index (χ4v) is 2.91. The van der Waals surface area contributed by atoms with Crippen LogP contribution in [0.5, 0.6) is 0 Å². The highest BCUT2D eigenvalue weighted by Crippen LogP contribution is 2.13. The van der Waals surface area contributed by atoms with Gasteiger partial charge in [0.1, 0.15) is 0 Å². The van der Waals surface area contributed by atoms with E-state index in [1.54, 1.807) is 0 Å². The van der Waals surface area contributed by atoms with Crippen molar-refractivity contribution < 1.29 is 22.7 Å². The second-order valence-corrected chi connectivity index (χ2v) is 8.57. The van der Waals surface area contributed by atoms with Crippen molar-refractivity contribution >= 4 is 27.6 Å². The second-order valence-electron chi connectivity index (χ2n) is 6.82. The normalized spacial score (nSPS) is 12.5. The van der Waals surface area contributed by atoms with Crippen molar-refractivity contribution in [2.45, 2.75) is 46.1 Å². The Morgan fingerprint density at radius 2 is 1.85 bits per heavy atom. The van der Waals surface area contributed by atoms with Crippen LogP contribution in [0.4, 0.5) is 5.69 Å². The first kappa shape index (κ1) is 22.0. The van der Waals surface area contributed by atoms with E-state index in [0.717, 1.165) is 25.5 Å². The highest BCUT2D eigenvalue weighted by molar-refractivity contribution is 7.92. The zero-order valence-corrected chi connectivity index (χ0v) is 16.6. The summed E-state index contributed by atoms with van der Waals surface area (Å²) in [5, 5.41) is 2.80. The van der Waals surface area contributed by atoms with Gasteiger partial charge < -0.3 is 10.1 Å². The Kier molecular flexibility index (Phi) is 8.57. The van der Waals surface area contributed by atoms with E-state index in [-0.39, 0.29) is 29.8 Å². The van der Waals surface area contributed by atoms with Crippen LogP contribution in [-0.4, -0.2) is 39.2 Å². The average molecular weight is 384 g/mol. The number of sulfonamides is 1. The predicted octanol–water partition coefficient (Wildman–Crippen LogP) is 2.55. The summed E-state index contributed by atoms with van der Waals surface area (Å²) in [4.78, 5) is 23.9. The number of carbonyl (C=O) groups excluding carboxylic acids is 2. The summed E-state index contributed by atoms with van der Waals surface area (Å²) < 4.78 is 29.7. The summed E-state index contributed by atoms with van der Waals surface area (Å²) in [6.07, 6.45) is 4.02. The van der Waals surface area contributed by atoms with Crippen LogP contribution in [0, 0.1) is 5.92 Å². The molecule has 0 saturated heterocycles. The van der Waals surface area contributed by atoms with Gasteiger partial charge in [-0.1, -0.05) is 32.8 Å². The lowest BCUT2D eigenvalue weighted by molar-refractivity contribution is -0.124. The first-order chi connectivity index (χ1) is 12.1. The molecule has 8 heteroatoms. The van der Waals surface area contributed by atoms with Crippen LogP contribution >= 0.6 is 0 Å². The van der Waals surface area contributed by atoms with Gasteiger partial charge in [0.05, 0.1) is 11.8 Å². The van der Waals surface area contributed by atoms with Gasteiger partial charge in [0.2, 0.25) is 10.0 Å². The zero-order chi connectivity index (χ0) is 19.7. The van der Waals surface area contributed by atoms with Gasteiger partial charge in [-0.15, -0.1) is 0 Å². The quantitative estimate of drug-likeness (QED) is 0.604.